The van der Waals surface area contributed by atoms with Crippen molar-refractivity contribution in [1.29, 1.82) is 0 Å². The lowest BCUT2D eigenvalue weighted by Gasteiger charge is -2.15. The van der Waals surface area contributed by atoms with E-state index in [9.17, 15) is 4.57 Å². The van der Waals surface area contributed by atoms with Crippen molar-refractivity contribution in [2.24, 2.45) is 0 Å². The van der Waals surface area contributed by atoms with Gasteiger partial charge in [0.15, 0.2) is 12.2 Å². The van der Waals surface area contributed by atoms with Crippen LogP contribution in [0.15, 0.2) is 25.3 Å². The smallest absolute Gasteiger partial charge is 0.221 e. The quantitative estimate of drug-likeness (QED) is 0.191. The van der Waals surface area contributed by atoms with Gasteiger partial charge in [0.25, 0.3) is 0 Å². The molecule has 0 bridgehead atoms. The fourth-order valence-electron chi connectivity index (χ4n) is 0.818. The molecule has 2 atom stereocenters. The van der Waals surface area contributed by atoms with Crippen LogP contribution in [0.5, 0.6) is 0 Å². The van der Waals surface area contributed by atoms with Crippen molar-refractivity contribution < 1.29 is 27.8 Å². The minimum atomic E-state index is -4.32. The Morgan fingerprint density at radius 1 is 1.10 bits per heavy atom. The van der Waals surface area contributed by atoms with Gasteiger partial charge in [-0.05, 0) is 0 Å². The van der Waals surface area contributed by atoms with Crippen LogP contribution in [0.1, 0.15) is 12.8 Å². The number of hydrogen-bond acceptors (Lipinski definition) is 6. The third-order valence-corrected chi connectivity index (χ3v) is 2.93. The lowest BCUT2D eigenvalue weighted by molar-refractivity contribution is -0.294. The molecule has 6 nitrogen and oxygen atoms in total. The van der Waals surface area contributed by atoms with Crippen molar-refractivity contribution in [3.8, 4) is 24.7 Å². The normalized spacial score (nSPS) is 16.1. The maximum Gasteiger partial charge on any atom is 0.545 e. The highest BCUT2D eigenvalue weighted by molar-refractivity contribution is 7.49. The Hall–Kier alpha value is -1.08. The summed E-state index contributed by atoms with van der Waals surface area (Å²) in [5.41, 5.74) is 0. The molecule has 2 unspecified atom stereocenters. The fourth-order valence-corrected chi connectivity index (χ4v) is 1.45. The van der Waals surface area contributed by atoms with E-state index in [-0.39, 0.29) is 12.8 Å². The molecule has 0 aromatic rings. The SMILES string of the molecule is C#CC(CC=C)OOP(=O)(OCl)OOC(C#C)CC=C. The van der Waals surface area contributed by atoms with Crippen LogP contribution in [0.25, 0.3) is 0 Å². The average molecular weight is 321 g/mol. The molecule has 0 spiro atoms. The van der Waals surface area contributed by atoms with E-state index in [4.69, 9.17) is 24.7 Å². The monoisotopic (exact) mass is 320 g/mol. The second-order valence-electron chi connectivity index (χ2n) is 3.22. The molecule has 0 aliphatic rings. The summed E-state index contributed by atoms with van der Waals surface area (Å²) in [5, 5.41) is 0. The van der Waals surface area contributed by atoms with Gasteiger partial charge in [0.2, 0.25) is 0 Å². The van der Waals surface area contributed by atoms with Crippen LogP contribution in [-0.2, 0) is 27.8 Å². The molecular formula is C12H14ClO6P. The molecule has 0 aliphatic carbocycles. The maximum absolute atomic E-state index is 11.8. The molecular weight excluding hydrogens is 307 g/mol. The topological polar surface area (TPSA) is 63.2 Å². The Balaban J connectivity index is 4.43. The first-order valence-corrected chi connectivity index (χ1v) is 7.06. The molecule has 0 heterocycles. The van der Waals surface area contributed by atoms with Crippen LogP contribution in [0.2, 0.25) is 0 Å². The molecule has 20 heavy (non-hydrogen) atoms. The van der Waals surface area contributed by atoms with Crippen molar-refractivity contribution in [3.63, 3.8) is 0 Å². The van der Waals surface area contributed by atoms with Crippen LogP contribution in [0.4, 0.5) is 0 Å². The average Bonchev–Trinajstić information content (AvgIpc) is 2.47. The van der Waals surface area contributed by atoms with E-state index in [2.05, 4.69) is 48.2 Å². The van der Waals surface area contributed by atoms with Gasteiger partial charge in [0.05, 0.1) is 11.9 Å². The first kappa shape index (κ1) is 18.9. The Morgan fingerprint density at radius 3 is 1.75 bits per heavy atom. The summed E-state index contributed by atoms with van der Waals surface area (Å²) in [6, 6.07) is 0. The zero-order valence-electron chi connectivity index (χ0n) is 10.6. The summed E-state index contributed by atoms with van der Waals surface area (Å²) in [6.07, 6.45) is 12.1. The molecule has 0 rings (SSSR count). The van der Waals surface area contributed by atoms with Crippen LogP contribution < -0.4 is 0 Å². The second kappa shape index (κ2) is 10.7. The summed E-state index contributed by atoms with van der Waals surface area (Å²) in [6.45, 7) is 6.92. The molecule has 0 aromatic heterocycles. The third-order valence-electron chi connectivity index (χ3n) is 1.72. The van der Waals surface area contributed by atoms with Crippen molar-refractivity contribution in [2.45, 2.75) is 25.0 Å². The predicted octanol–water partition coefficient (Wildman–Crippen LogP) is 3.32. The number of phosphoric acid groups is 1. The van der Waals surface area contributed by atoms with Gasteiger partial charge >= 0.3 is 7.82 Å². The van der Waals surface area contributed by atoms with Crippen molar-refractivity contribution in [1.82, 2.24) is 0 Å². The Kier molecular flexibility index (Phi) is 10.1. The standard InChI is InChI=1S/C12H14ClO6P/c1-5-9-11(7-3)15-18-20(14,17-13)19-16-12(8-4)10-6-2/h3-6,11-12H,1-2,9-10H2. The molecule has 0 radical (unpaired) electrons. The van der Waals surface area contributed by atoms with Gasteiger partial charge in [-0.3, -0.25) is 0 Å². The molecule has 0 fully saturated rings. The van der Waals surface area contributed by atoms with E-state index in [1.54, 1.807) is 0 Å². The van der Waals surface area contributed by atoms with Crippen LogP contribution in [0, 0.1) is 24.7 Å². The Bertz CT molecular complexity index is 402. The van der Waals surface area contributed by atoms with Crippen LogP contribution >= 0.6 is 19.7 Å². The zero-order valence-corrected chi connectivity index (χ0v) is 12.2. The Morgan fingerprint density at radius 2 is 1.50 bits per heavy atom. The Labute approximate surface area is 123 Å². The summed E-state index contributed by atoms with van der Waals surface area (Å²) >= 11 is 5.00. The lowest BCUT2D eigenvalue weighted by Crippen LogP contribution is -2.13. The highest BCUT2D eigenvalue weighted by Gasteiger charge is 2.32. The van der Waals surface area contributed by atoms with Gasteiger partial charge in [0, 0.05) is 12.8 Å². The first-order valence-electron chi connectivity index (χ1n) is 5.29. The van der Waals surface area contributed by atoms with Gasteiger partial charge in [-0.15, -0.1) is 35.4 Å². The minimum absolute atomic E-state index is 0.253. The fraction of sp³-hybridized carbons (Fsp3) is 0.333. The lowest BCUT2D eigenvalue weighted by atomic mass is 10.3. The molecule has 0 saturated heterocycles. The zero-order chi connectivity index (χ0) is 15.4. The first-order chi connectivity index (χ1) is 9.55. The number of hydrogen-bond donors (Lipinski definition) is 0. The highest BCUT2D eigenvalue weighted by Crippen LogP contribution is 2.51. The van der Waals surface area contributed by atoms with Gasteiger partial charge in [0.1, 0.15) is 0 Å². The van der Waals surface area contributed by atoms with E-state index in [0.717, 1.165) is 0 Å². The molecule has 0 saturated carbocycles. The van der Waals surface area contributed by atoms with E-state index in [1.807, 2.05) is 0 Å². The van der Waals surface area contributed by atoms with Crippen molar-refractivity contribution in [2.75, 3.05) is 0 Å². The molecule has 0 amide bonds. The minimum Gasteiger partial charge on any atom is -0.221 e. The van der Waals surface area contributed by atoms with Crippen LogP contribution in [-0.4, -0.2) is 12.2 Å². The maximum atomic E-state index is 11.8. The molecule has 110 valence electrons. The molecule has 8 heteroatoms. The molecule has 0 N–H and O–H groups in total. The highest BCUT2D eigenvalue weighted by atomic mass is 35.5. The second-order valence-corrected chi connectivity index (χ2v) is 4.96. The van der Waals surface area contributed by atoms with Crippen molar-refractivity contribution >= 4 is 19.7 Å². The number of rotatable bonds is 11. The predicted molar refractivity (Wildman–Crippen MR) is 73.8 cm³/mol. The molecule has 0 aliphatic heterocycles. The molecule has 0 aromatic carbocycles. The summed E-state index contributed by atoms with van der Waals surface area (Å²) in [7, 11) is -4.32. The van der Waals surface area contributed by atoms with E-state index >= 15 is 0 Å². The third kappa shape index (κ3) is 7.49. The number of halogens is 1. The van der Waals surface area contributed by atoms with Gasteiger partial charge < -0.3 is 0 Å². The van der Waals surface area contributed by atoms with Gasteiger partial charge in [-0.1, -0.05) is 24.0 Å². The van der Waals surface area contributed by atoms with E-state index in [1.165, 1.54) is 12.2 Å². The van der Waals surface area contributed by atoms with Crippen molar-refractivity contribution in [3.05, 3.63) is 25.3 Å². The van der Waals surface area contributed by atoms with E-state index in [0.29, 0.717) is 0 Å². The summed E-state index contributed by atoms with van der Waals surface area (Å²) < 4.78 is 24.7. The summed E-state index contributed by atoms with van der Waals surface area (Å²) in [5.74, 6) is 4.43. The van der Waals surface area contributed by atoms with E-state index < -0.39 is 20.0 Å². The van der Waals surface area contributed by atoms with Gasteiger partial charge in [-0.25, -0.2) is 14.3 Å². The van der Waals surface area contributed by atoms with Crippen LogP contribution in [0.3, 0.4) is 0 Å². The number of terminal acetylenes is 2. The van der Waals surface area contributed by atoms with Gasteiger partial charge in [-0.2, -0.15) is 4.08 Å². The summed E-state index contributed by atoms with van der Waals surface area (Å²) in [4.78, 5) is 9.31. The largest absolute Gasteiger partial charge is 0.545 e.